The van der Waals surface area contributed by atoms with Gasteiger partial charge in [-0.3, -0.25) is 0 Å². The van der Waals surface area contributed by atoms with Crippen molar-refractivity contribution in [2.24, 2.45) is 0 Å². The Morgan fingerprint density at radius 3 is 2.73 bits per heavy atom. The summed E-state index contributed by atoms with van der Waals surface area (Å²) in [7, 11) is 0. The van der Waals surface area contributed by atoms with Gasteiger partial charge in [-0.05, 0) is 44.2 Å². The molecule has 0 radical (unpaired) electrons. The Hall–Kier alpha value is -1.60. The Balaban J connectivity index is 1.57. The minimum atomic E-state index is 0.604. The molecular formula is C15H15BrN4OS. The number of halogens is 1. The van der Waals surface area contributed by atoms with Crippen molar-refractivity contribution < 1.29 is 4.74 Å². The smallest absolute Gasteiger partial charge is 0.253 e. The van der Waals surface area contributed by atoms with Gasteiger partial charge in [0.1, 0.15) is 5.75 Å². The normalized spacial score (nSPS) is 11.0. The molecule has 0 aliphatic carbocycles. The van der Waals surface area contributed by atoms with Crippen molar-refractivity contribution in [2.45, 2.75) is 19.0 Å². The zero-order valence-corrected chi connectivity index (χ0v) is 14.7. The fraction of sp³-hybridized carbons (Fsp3) is 0.267. The second kappa shape index (κ2) is 6.66. The first-order valence-electron chi connectivity index (χ1n) is 6.84. The molecule has 22 heavy (non-hydrogen) atoms. The molecule has 3 rings (SSSR count). The molecule has 0 aliphatic heterocycles. The number of ether oxygens (including phenoxy) is 1. The van der Waals surface area contributed by atoms with Crippen molar-refractivity contribution in [3.05, 3.63) is 46.2 Å². The van der Waals surface area contributed by atoms with Crippen molar-refractivity contribution in [1.82, 2.24) is 19.6 Å². The van der Waals surface area contributed by atoms with Crippen molar-refractivity contribution in [1.29, 1.82) is 0 Å². The molecule has 5 nitrogen and oxygen atoms in total. The van der Waals surface area contributed by atoms with Crippen LogP contribution in [0.25, 0.3) is 5.78 Å². The van der Waals surface area contributed by atoms with Crippen LogP contribution in [0.3, 0.4) is 0 Å². The van der Waals surface area contributed by atoms with Gasteiger partial charge in [-0.15, -0.1) is 5.10 Å². The van der Waals surface area contributed by atoms with Crippen LogP contribution in [-0.4, -0.2) is 31.9 Å². The van der Waals surface area contributed by atoms with E-state index < -0.39 is 0 Å². The largest absolute Gasteiger partial charge is 0.493 e. The van der Waals surface area contributed by atoms with E-state index in [0.717, 1.165) is 32.5 Å². The van der Waals surface area contributed by atoms with Gasteiger partial charge >= 0.3 is 0 Å². The lowest BCUT2D eigenvalue weighted by atomic mass is 10.3. The monoisotopic (exact) mass is 378 g/mol. The molecular weight excluding hydrogens is 364 g/mol. The number of fused-ring (bicyclic) bond motifs is 1. The van der Waals surface area contributed by atoms with Crippen LogP contribution in [0, 0.1) is 13.8 Å². The van der Waals surface area contributed by atoms with E-state index in [4.69, 9.17) is 4.74 Å². The summed E-state index contributed by atoms with van der Waals surface area (Å²) in [5, 5.41) is 5.18. The highest BCUT2D eigenvalue weighted by atomic mass is 79.9. The Kier molecular flexibility index (Phi) is 4.63. The molecule has 0 atom stereocenters. The van der Waals surface area contributed by atoms with Crippen LogP contribution in [-0.2, 0) is 0 Å². The molecule has 2 aromatic heterocycles. The lowest BCUT2D eigenvalue weighted by Crippen LogP contribution is -2.00. The van der Waals surface area contributed by atoms with Crippen LogP contribution in [0.1, 0.15) is 11.4 Å². The number of thioether (sulfide) groups is 1. The third kappa shape index (κ3) is 3.59. The van der Waals surface area contributed by atoms with Crippen LogP contribution in [0.4, 0.5) is 0 Å². The van der Waals surface area contributed by atoms with Crippen molar-refractivity contribution in [3.8, 4) is 5.75 Å². The molecule has 0 spiro atoms. The topological polar surface area (TPSA) is 52.3 Å². The van der Waals surface area contributed by atoms with E-state index in [0.29, 0.717) is 12.4 Å². The maximum absolute atomic E-state index is 5.68. The molecule has 0 aliphatic rings. The number of hydrogen-bond acceptors (Lipinski definition) is 5. The first kappa shape index (κ1) is 15.3. The average Bonchev–Trinajstić information content (AvgIpc) is 2.88. The summed E-state index contributed by atoms with van der Waals surface area (Å²) in [6.07, 6.45) is 0. The second-order valence-electron chi connectivity index (χ2n) is 4.80. The van der Waals surface area contributed by atoms with Crippen LogP contribution < -0.4 is 4.74 Å². The SMILES string of the molecule is Cc1cc(C)n2nc(SCCOc3ccc(Br)cc3)nc2n1. The van der Waals surface area contributed by atoms with E-state index in [1.807, 2.05) is 44.2 Å². The maximum Gasteiger partial charge on any atom is 0.253 e. The highest BCUT2D eigenvalue weighted by Gasteiger charge is 2.08. The van der Waals surface area contributed by atoms with E-state index >= 15 is 0 Å². The van der Waals surface area contributed by atoms with Gasteiger partial charge in [-0.25, -0.2) is 9.50 Å². The quantitative estimate of drug-likeness (QED) is 0.500. The predicted molar refractivity (Wildman–Crippen MR) is 90.6 cm³/mol. The maximum atomic E-state index is 5.68. The van der Waals surface area contributed by atoms with Gasteiger partial charge in [0.05, 0.1) is 6.61 Å². The summed E-state index contributed by atoms with van der Waals surface area (Å²) in [5.41, 5.74) is 1.99. The molecule has 0 unspecified atom stereocenters. The molecule has 0 amide bonds. The van der Waals surface area contributed by atoms with Gasteiger partial charge in [-0.1, -0.05) is 27.7 Å². The molecule has 0 fully saturated rings. The summed E-state index contributed by atoms with van der Waals surface area (Å²) in [4.78, 5) is 8.81. The molecule has 0 saturated carbocycles. The molecule has 7 heteroatoms. The van der Waals surface area contributed by atoms with Crippen LogP contribution in [0.15, 0.2) is 40.0 Å². The van der Waals surface area contributed by atoms with Crippen molar-refractivity contribution >= 4 is 33.5 Å². The fourth-order valence-corrected chi connectivity index (χ4v) is 2.93. The van der Waals surface area contributed by atoms with Crippen LogP contribution in [0.5, 0.6) is 5.75 Å². The summed E-state index contributed by atoms with van der Waals surface area (Å²) in [6.45, 7) is 4.56. The van der Waals surface area contributed by atoms with E-state index in [9.17, 15) is 0 Å². The fourth-order valence-electron chi connectivity index (χ4n) is 2.03. The van der Waals surface area contributed by atoms with Gasteiger partial charge in [0, 0.05) is 21.6 Å². The van der Waals surface area contributed by atoms with Gasteiger partial charge < -0.3 is 4.74 Å². The summed E-state index contributed by atoms with van der Waals surface area (Å²) < 4.78 is 8.49. The zero-order chi connectivity index (χ0) is 15.5. The Labute approximate surface area is 141 Å². The molecule has 0 bridgehead atoms. The van der Waals surface area contributed by atoms with E-state index in [1.54, 1.807) is 16.3 Å². The highest BCUT2D eigenvalue weighted by molar-refractivity contribution is 9.10. The predicted octanol–water partition coefficient (Wildman–Crippen LogP) is 3.67. The van der Waals surface area contributed by atoms with Gasteiger partial charge in [0.2, 0.25) is 5.16 Å². The van der Waals surface area contributed by atoms with Crippen molar-refractivity contribution in [3.63, 3.8) is 0 Å². The number of nitrogens with zero attached hydrogens (tertiary/aromatic N) is 4. The Bertz CT molecular complexity index is 788. The Morgan fingerprint density at radius 2 is 1.95 bits per heavy atom. The first-order chi connectivity index (χ1) is 10.6. The highest BCUT2D eigenvalue weighted by Crippen LogP contribution is 2.18. The molecule has 0 saturated heterocycles. The van der Waals surface area contributed by atoms with E-state index in [1.165, 1.54) is 0 Å². The summed E-state index contributed by atoms with van der Waals surface area (Å²) in [5.74, 6) is 2.29. The number of benzene rings is 1. The van der Waals surface area contributed by atoms with Gasteiger partial charge in [0.15, 0.2) is 0 Å². The molecule has 1 aromatic carbocycles. The second-order valence-corrected chi connectivity index (χ2v) is 6.77. The third-order valence-corrected chi connectivity index (χ3v) is 4.33. The average molecular weight is 379 g/mol. The first-order valence-corrected chi connectivity index (χ1v) is 8.62. The summed E-state index contributed by atoms with van der Waals surface area (Å²) in [6, 6.07) is 9.79. The lowest BCUT2D eigenvalue weighted by molar-refractivity contribution is 0.344. The number of aromatic nitrogens is 4. The Morgan fingerprint density at radius 1 is 1.18 bits per heavy atom. The van der Waals surface area contributed by atoms with E-state index in [2.05, 4.69) is 31.0 Å². The minimum absolute atomic E-state index is 0.604. The number of rotatable bonds is 5. The number of aryl methyl sites for hydroxylation is 2. The molecule has 2 heterocycles. The summed E-state index contributed by atoms with van der Waals surface area (Å²) >= 11 is 4.97. The molecule has 0 N–H and O–H groups in total. The molecule has 114 valence electrons. The van der Waals surface area contributed by atoms with Crippen LogP contribution >= 0.6 is 27.7 Å². The zero-order valence-electron chi connectivity index (χ0n) is 12.3. The molecule has 3 aromatic rings. The van der Waals surface area contributed by atoms with E-state index in [-0.39, 0.29) is 0 Å². The van der Waals surface area contributed by atoms with Gasteiger partial charge in [-0.2, -0.15) is 4.98 Å². The van der Waals surface area contributed by atoms with Crippen molar-refractivity contribution in [2.75, 3.05) is 12.4 Å². The lowest BCUT2D eigenvalue weighted by Gasteiger charge is -2.04. The van der Waals surface area contributed by atoms with Crippen LogP contribution in [0.2, 0.25) is 0 Å². The minimum Gasteiger partial charge on any atom is -0.493 e. The standard InChI is InChI=1S/C15H15BrN4OS/c1-10-9-11(2)20-14(17-10)18-15(19-20)22-8-7-21-13-5-3-12(16)4-6-13/h3-6,9H,7-8H2,1-2H3. The third-order valence-electron chi connectivity index (χ3n) is 3.00. The number of hydrogen-bond donors (Lipinski definition) is 0. The van der Waals surface area contributed by atoms with Gasteiger partial charge in [0.25, 0.3) is 5.78 Å².